The first-order chi connectivity index (χ1) is 9.97. The molecule has 2 aliphatic rings. The molecule has 0 aromatic carbocycles. The molecule has 3 amide bonds. The summed E-state index contributed by atoms with van der Waals surface area (Å²) < 4.78 is 0. The zero-order valence-corrected chi connectivity index (χ0v) is 12.4. The van der Waals surface area contributed by atoms with E-state index in [4.69, 9.17) is 5.11 Å². The molecule has 21 heavy (non-hydrogen) atoms. The summed E-state index contributed by atoms with van der Waals surface area (Å²) in [5, 5.41) is 11.5. The molecule has 7 heteroatoms. The Bertz CT molecular complexity index is 418. The van der Waals surface area contributed by atoms with Gasteiger partial charge in [-0.25, -0.2) is 4.79 Å². The second-order valence-corrected chi connectivity index (χ2v) is 5.91. The predicted octanol–water partition coefficient (Wildman–Crippen LogP) is 0.503. The monoisotopic (exact) mass is 297 g/mol. The molecule has 0 bridgehead atoms. The van der Waals surface area contributed by atoms with Gasteiger partial charge in [0.05, 0.1) is 0 Å². The van der Waals surface area contributed by atoms with Crippen molar-refractivity contribution in [2.24, 2.45) is 5.92 Å². The van der Waals surface area contributed by atoms with E-state index in [1.54, 1.807) is 16.8 Å². The fraction of sp³-hybridized carbons (Fsp3) is 0.786. The van der Waals surface area contributed by atoms with Gasteiger partial charge in [-0.3, -0.25) is 9.59 Å². The van der Waals surface area contributed by atoms with E-state index < -0.39 is 12.0 Å². The Morgan fingerprint density at radius 3 is 2.43 bits per heavy atom. The number of amides is 3. The largest absolute Gasteiger partial charge is 0.481 e. The molecule has 7 nitrogen and oxygen atoms in total. The molecule has 2 heterocycles. The fourth-order valence-electron chi connectivity index (χ4n) is 2.95. The Hall–Kier alpha value is -1.79. The number of aliphatic carboxylic acids is 1. The summed E-state index contributed by atoms with van der Waals surface area (Å²) in [6.45, 7) is 1.95. The van der Waals surface area contributed by atoms with Gasteiger partial charge in [-0.05, 0) is 31.6 Å². The summed E-state index contributed by atoms with van der Waals surface area (Å²) in [5.41, 5.74) is 0. The maximum Gasteiger partial charge on any atom is 0.318 e. The van der Waals surface area contributed by atoms with Crippen LogP contribution in [-0.2, 0) is 9.59 Å². The normalized spacial score (nSPS) is 23.5. The highest BCUT2D eigenvalue weighted by Gasteiger charge is 2.32. The lowest BCUT2D eigenvalue weighted by atomic mass is 9.92. The van der Waals surface area contributed by atoms with Crippen molar-refractivity contribution in [1.82, 2.24) is 15.1 Å². The van der Waals surface area contributed by atoms with Crippen LogP contribution in [0.4, 0.5) is 4.79 Å². The Kier molecular flexibility index (Phi) is 5.03. The third-order valence-electron chi connectivity index (χ3n) is 4.39. The Balaban J connectivity index is 1.73. The SMILES string of the molecule is CN1CCC(NC(=O)N2CCC(CCC(=O)O)CC2)C1=O. The van der Waals surface area contributed by atoms with E-state index in [2.05, 4.69) is 5.32 Å². The second kappa shape index (κ2) is 6.78. The summed E-state index contributed by atoms with van der Waals surface area (Å²) in [4.78, 5) is 37.8. The number of nitrogens with one attached hydrogen (secondary N) is 1. The van der Waals surface area contributed by atoms with Gasteiger partial charge in [0.25, 0.3) is 0 Å². The van der Waals surface area contributed by atoms with E-state index in [9.17, 15) is 14.4 Å². The van der Waals surface area contributed by atoms with Crippen LogP contribution in [0.3, 0.4) is 0 Å². The molecule has 0 spiro atoms. The number of hydrogen-bond acceptors (Lipinski definition) is 3. The van der Waals surface area contributed by atoms with E-state index in [1.165, 1.54) is 0 Å². The Labute approximate surface area is 124 Å². The molecule has 2 N–H and O–H groups in total. The number of rotatable bonds is 4. The van der Waals surface area contributed by atoms with Crippen molar-refractivity contribution in [2.45, 2.75) is 38.1 Å². The number of likely N-dealkylation sites (N-methyl/N-ethyl adjacent to an activating group) is 1. The summed E-state index contributed by atoms with van der Waals surface area (Å²) in [5.74, 6) is -0.414. The van der Waals surface area contributed by atoms with E-state index >= 15 is 0 Å². The van der Waals surface area contributed by atoms with E-state index in [0.29, 0.717) is 38.4 Å². The van der Waals surface area contributed by atoms with Crippen LogP contribution in [0.15, 0.2) is 0 Å². The first kappa shape index (κ1) is 15.6. The molecular weight excluding hydrogens is 274 g/mol. The van der Waals surface area contributed by atoms with E-state index in [-0.39, 0.29) is 18.4 Å². The van der Waals surface area contributed by atoms with Crippen LogP contribution in [0.5, 0.6) is 0 Å². The van der Waals surface area contributed by atoms with Gasteiger partial charge in [0.15, 0.2) is 0 Å². The van der Waals surface area contributed by atoms with Gasteiger partial charge in [0.1, 0.15) is 6.04 Å². The Morgan fingerprint density at radius 2 is 1.90 bits per heavy atom. The third kappa shape index (κ3) is 4.09. The number of nitrogens with zero attached hydrogens (tertiary/aromatic N) is 2. The van der Waals surface area contributed by atoms with Crippen LogP contribution >= 0.6 is 0 Å². The average Bonchev–Trinajstić information content (AvgIpc) is 2.77. The molecule has 118 valence electrons. The van der Waals surface area contributed by atoms with Crippen molar-refractivity contribution >= 4 is 17.9 Å². The highest BCUT2D eigenvalue weighted by Crippen LogP contribution is 2.22. The molecule has 0 saturated carbocycles. The van der Waals surface area contributed by atoms with Gasteiger partial charge in [-0.1, -0.05) is 0 Å². The van der Waals surface area contributed by atoms with Crippen LogP contribution < -0.4 is 5.32 Å². The average molecular weight is 297 g/mol. The van der Waals surface area contributed by atoms with Crippen molar-refractivity contribution < 1.29 is 19.5 Å². The van der Waals surface area contributed by atoms with Crippen LogP contribution in [0, 0.1) is 5.92 Å². The molecule has 1 atom stereocenters. The van der Waals surface area contributed by atoms with Gasteiger partial charge in [-0.15, -0.1) is 0 Å². The highest BCUT2D eigenvalue weighted by molar-refractivity contribution is 5.88. The predicted molar refractivity (Wildman–Crippen MR) is 75.7 cm³/mol. The smallest absolute Gasteiger partial charge is 0.318 e. The van der Waals surface area contributed by atoms with Crippen molar-refractivity contribution in [3.8, 4) is 0 Å². The van der Waals surface area contributed by atoms with Crippen LogP contribution in [0.2, 0.25) is 0 Å². The minimum absolute atomic E-state index is 0.0281. The van der Waals surface area contributed by atoms with Gasteiger partial charge in [0, 0.05) is 33.1 Å². The minimum Gasteiger partial charge on any atom is -0.481 e. The van der Waals surface area contributed by atoms with E-state index in [1.807, 2.05) is 0 Å². The zero-order valence-electron chi connectivity index (χ0n) is 12.4. The third-order valence-corrected chi connectivity index (χ3v) is 4.39. The summed E-state index contributed by atoms with van der Waals surface area (Å²) in [6, 6.07) is -0.576. The van der Waals surface area contributed by atoms with Crippen LogP contribution in [0.1, 0.15) is 32.1 Å². The number of carbonyl (C=O) groups is 3. The van der Waals surface area contributed by atoms with Crippen molar-refractivity contribution in [1.29, 1.82) is 0 Å². The molecular formula is C14H23N3O4. The summed E-state index contributed by atoms with van der Waals surface area (Å²) >= 11 is 0. The van der Waals surface area contributed by atoms with Crippen molar-refractivity contribution in [2.75, 3.05) is 26.7 Å². The molecule has 2 saturated heterocycles. The number of urea groups is 1. The number of piperidine rings is 1. The quantitative estimate of drug-likeness (QED) is 0.791. The van der Waals surface area contributed by atoms with Crippen molar-refractivity contribution in [3.63, 3.8) is 0 Å². The number of likely N-dealkylation sites (tertiary alicyclic amines) is 2. The lowest BCUT2D eigenvalue weighted by Gasteiger charge is -2.32. The van der Waals surface area contributed by atoms with Crippen LogP contribution in [0.25, 0.3) is 0 Å². The molecule has 2 rings (SSSR count). The van der Waals surface area contributed by atoms with E-state index in [0.717, 1.165) is 12.8 Å². The first-order valence-electron chi connectivity index (χ1n) is 7.49. The Morgan fingerprint density at radius 1 is 1.24 bits per heavy atom. The number of carboxylic acids is 1. The van der Waals surface area contributed by atoms with Gasteiger partial charge >= 0.3 is 12.0 Å². The summed E-state index contributed by atoms with van der Waals surface area (Å²) in [7, 11) is 1.74. The fourth-order valence-corrected chi connectivity index (χ4v) is 2.95. The highest BCUT2D eigenvalue weighted by atomic mass is 16.4. The molecule has 2 fully saturated rings. The molecule has 0 radical (unpaired) electrons. The van der Waals surface area contributed by atoms with Crippen LogP contribution in [-0.4, -0.2) is 65.5 Å². The maximum atomic E-state index is 12.1. The first-order valence-corrected chi connectivity index (χ1v) is 7.49. The van der Waals surface area contributed by atoms with Gasteiger partial charge < -0.3 is 20.2 Å². The van der Waals surface area contributed by atoms with Gasteiger partial charge in [0.2, 0.25) is 5.91 Å². The zero-order chi connectivity index (χ0) is 15.4. The standard InChI is InChI=1S/C14H23N3O4/c1-16-7-6-11(13(16)20)15-14(21)17-8-4-10(5-9-17)2-3-12(18)19/h10-11H,2-9H2,1H3,(H,15,21)(H,18,19). The minimum atomic E-state index is -0.765. The van der Waals surface area contributed by atoms with Crippen molar-refractivity contribution in [3.05, 3.63) is 0 Å². The lowest BCUT2D eigenvalue weighted by molar-refractivity contribution is -0.137. The number of hydrogen-bond donors (Lipinski definition) is 2. The van der Waals surface area contributed by atoms with Gasteiger partial charge in [-0.2, -0.15) is 0 Å². The topological polar surface area (TPSA) is 90.0 Å². The summed E-state index contributed by atoms with van der Waals surface area (Å²) in [6.07, 6.45) is 3.20. The number of carboxylic acid groups (broad SMARTS) is 1. The lowest BCUT2D eigenvalue weighted by Crippen LogP contribution is -2.49. The number of carbonyl (C=O) groups excluding carboxylic acids is 2. The second-order valence-electron chi connectivity index (χ2n) is 5.91. The molecule has 0 aromatic heterocycles. The maximum absolute atomic E-state index is 12.1. The molecule has 1 unspecified atom stereocenters. The molecule has 0 aromatic rings. The molecule has 2 aliphatic heterocycles. The molecule has 0 aliphatic carbocycles.